The molecule has 0 fully saturated rings. The summed E-state index contributed by atoms with van der Waals surface area (Å²) in [4.78, 5) is 8.23. The van der Waals surface area contributed by atoms with Gasteiger partial charge in [0.15, 0.2) is 0 Å². The fourth-order valence-corrected chi connectivity index (χ4v) is 1.59. The molecule has 0 aliphatic rings. The fourth-order valence-electron chi connectivity index (χ4n) is 1.59. The first-order valence-electron chi connectivity index (χ1n) is 5.98. The third kappa shape index (κ3) is 4.19. The molecule has 0 saturated heterocycles. The average Bonchev–Trinajstić information content (AvgIpc) is 2.36. The summed E-state index contributed by atoms with van der Waals surface area (Å²) < 4.78 is 5.14. The predicted molar refractivity (Wildman–Crippen MR) is 69.3 cm³/mol. The van der Waals surface area contributed by atoms with Gasteiger partial charge in [0.1, 0.15) is 12.1 Å². The SMILES string of the molecule is COc1ncnc(NCCCC(C)CN)c1C. The Bertz CT molecular complexity index is 343. The number of anilines is 1. The second kappa shape index (κ2) is 7.06. The van der Waals surface area contributed by atoms with Crippen LogP contribution < -0.4 is 15.8 Å². The minimum atomic E-state index is 0.581. The van der Waals surface area contributed by atoms with Crippen LogP contribution in [0.3, 0.4) is 0 Å². The molecule has 0 spiro atoms. The van der Waals surface area contributed by atoms with E-state index in [1.54, 1.807) is 7.11 Å². The average molecular weight is 238 g/mol. The Balaban J connectivity index is 2.41. The summed E-state index contributed by atoms with van der Waals surface area (Å²) in [5.41, 5.74) is 6.52. The van der Waals surface area contributed by atoms with Gasteiger partial charge < -0.3 is 15.8 Å². The highest BCUT2D eigenvalue weighted by Gasteiger charge is 2.06. The van der Waals surface area contributed by atoms with Crippen molar-refractivity contribution >= 4 is 5.82 Å². The van der Waals surface area contributed by atoms with Gasteiger partial charge in [-0.2, -0.15) is 0 Å². The summed E-state index contributed by atoms with van der Waals surface area (Å²) in [7, 11) is 1.61. The molecule has 1 atom stereocenters. The van der Waals surface area contributed by atoms with Crippen LogP contribution in [0.15, 0.2) is 6.33 Å². The Morgan fingerprint density at radius 2 is 2.24 bits per heavy atom. The second-order valence-corrected chi connectivity index (χ2v) is 4.27. The van der Waals surface area contributed by atoms with Crippen LogP contribution >= 0.6 is 0 Å². The minimum Gasteiger partial charge on any atom is -0.481 e. The van der Waals surface area contributed by atoms with Gasteiger partial charge in [-0.05, 0) is 32.2 Å². The molecular weight excluding hydrogens is 216 g/mol. The van der Waals surface area contributed by atoms with Crippen LogP contribution in [-0.2, 0) is 0 Å². The highest BCUT2D eigenvalue weighted by molar-refractivity contribution is 5.47. The number of nitrogens with one attached hydrogen (secondary N) is 1. The van der Waals surface area contributed by atoms with E-state index in [4.69, 9.17) is 10.5 Å². The molecule has 3 N–H and O–H groups in total. The monoisotopic (exact) mass is 238 g/mol. The molecule has 5 nitrogen and oxygen atoms in total. The number of nitrogens with zero attached hydrogens (tertiary/aromatic N) is 2. The van der Waals surface area contributed by atoms with Crippen molar-refractivity contribution in [2.24, 2.45) is 11.7 Å². The number of hydrogen-bond acceptors (Lipinski definition) is 5. The van der Waals surface area contributed by atoms with Gasteiger partial charge in [-0.3, -0.25) is 0 Å². The maximum atomic E-state index is 5.57. The Morgan fingerprint density at radius 3 is 2.88 bits per heavy atom. The van der Waals surface area contributed by atoms with Gasteiger partial charge in [0.2, 0.25) is 5.88 Å². The molecule has 0 aromatic carbocycles. The number of ether oxygens (including phenoxy) is 1. The van der Waals surface area contributed by atoms with E-state index < -0.39 is 0 Å². The number of hydrogen-bond donors (Lipinski definition) is 2. The van der Waals surface area contributed by atoms with Crippen LogP contribution in [-0.4, -0.2) is 30.2 Å². The lowest BCUT2D eigenvalue weighted by Crippen LogP contribution is -2.13. The second-order valence-electron chi connectivity index (χ2n) is 4.27. The van der Waals surface area contributed by atoms with Crippen LogP contribution in [0.1, 0.15) is 25.3 Å². The van der Waals surface area contributed by atoms with Crippen molar-refractivity contribution in [2.45, 2.75) is 26.7 Å². The Labute approximate surface area is 103 Å². The largest absolute Gasteiger partial charge is 0.481 e. The molecule has 1 heterocycles. The summed E-state index contributed by atoms with van der Waals surface area (Å²) in [6.07, 6.45) is 3.73. The lowest BCUT2D eigenvalue weighted by Gasteiger charge is -2.11. The van der Waals surface area contributed by atoms with Crippen molar-refractivity contribution in [1.82, 2.24) is 9.97 Å². The van der Waals surface area contributed by atoms with Gasteiger partial charge in [0.25, 0.3) is 0 Å². The molecule has 0 aliphatic carbocycles. The van der Waals surface area contributed by atoms with Crippen LogP contribution in [0.4, 0.5) is 5.82 Å². The fraction of sp³-hybridized carbons (Fsp3) is 0.667. The molecule has 0 aliphatic heterocycles. The zero-order valence-electron chi connectivity index (χ0n) is 10.9. The molecule has 1 rings (SSSR count). The van der Waals surface area contributed by atoms with Gasteiger partial charge in [-0.25, -0.2) is 9.97 Å². The molecular formula is C12H22N4O. The van der Waals surface area contributed by atoms with Crippen molar-refractivity contribution in [3.8, 4) is 5.88 Å². The molecule has 1 unspecified atom stereocenters. The van der Waals surface area contributed by atoms with Gasteiger partial charge >= 0.3 is 0 Å². The Hall–Kier alpha value is -1.36. The third-order valence-electron chi connectivity index (χ3n) is 2.80. The molecule has 1 aromatic rings. The zero-order valence-corrected chi connectivity index (χ0v) is 10.9. The molecule has 5 heteroatoms. The molecule has 0 bridgehead atoms. The van der Waals surface area contributed by atoms with Crippen molar-refractivity contribution in [2.75, 3.05) is 25.5 Å². The highest BCUT2D eigenvalue weighted by atomic mass is 16.5. The summed E-state index contributed by atoms with van der Waals surface area (Å²) in [6.45, 7) is 5.76. The van der Waals surface area contributed by atoms with E-state index >= 15 is 0 Å². The lowest BCUT2D eigenvalue weighted by molar-refractivity contribution is 0.393. The topological polar surface area (TPSA) is 73.1 Å². The first kappa shape index (κ1) is 13.7. The quantitative estimate of drug-likeness (QED) is 0.706. The third-order valence-corrected chi connectivity index (χ3v) is 2.80. The zero-order chi connectivity index (χ0) is 12.7. The first-order chi connectivity index (χ1) is 8.19. The number of aromatic nitrogens is 2. The number of rotatable bonds is 7. The molecule has 17 heavy (non-hydrogen) atoms. The summed E-state index contributed by atoms with van der Waals surface area (Å²) in [6, 6.07) is 0. The Morgan fingerprint density at radius 1 is 1.47 bits per heavy atom. The van der Waals surface area contributed by atoms with Gasteiger partial charge in [-0.1, -0.05) is 6.92 Å². The molecule has 96 valence electrons. The van der Waals surface area contributed by atoms with Crippen LogP contribution in [0.2, 0.25) is 0 Å². The maximum absolute atomic E-state index is 5.57. The number of methoxy groups -OCH3 is 1. The summed E-state index contributed by atoms with van der Waals surface area (Å²) >= 11 is 0. The van der Waals surface area contributed by atoms with Crippen molar-refractivity contribution in [3.63, 3.8) is 0 Å². The summed E-state index contributed by atoms with van der Waals surface area (Å²) in [5, 5.41) is 3.30. The van der Waals surface area contributed by atoms with Crippen molar-refractivity contribution < 1.29 is 4.74 Å². The smallest absolute Gasteiger partial charge is 0.221 e. The summed E-state index contributed by atoms with van der Waals surface area (Å²) in [5.74, 6) is 2.05. The minimum absolute atomic E-state index is 0.581. The molecule has 0 saturated carbocycles. The van der Waals surface area contributed by atoms with Crippen LogP contribution in [0, 0.1) is 12.8 Å². The van der Waals surface area contributed by atoms with Crippen LogP contribution in [0.5, 0.6) is 5.88 Å². The van der Waals surface area contributed by atoms with Gasteiger partial charge in [-0.15, -0.1) is 0 Å². The predicted octanol–water partition coefficient (Wildman–Crippen LogP) is 1.58. The maximum Gasteiger partial charge on any atom is 0.221 e. The number of nitrogens with two attached hydrogens (primary N) is 1. The van der Waals surface area contributed by atoms with E-state index in [1.807, 2.05) is 6.92 Å². The molecule has 1 aromatic heterocycles. The normalized spacial score (nSPS) is 12.2. The van der Waals surface area contributed by atoms with E-state index in [0.29, 0.717) is 11.8 Å². The highest BCUT2D eigenvalue weighted by Crippen LogP contribution is 2.19. The molecule has 0 radical (unpaired) electrons. The van der Waals surface area contributed by atoms with Crippen molar-refractivity contribution in [3.05, 3.63) is 11.9 Å². The first-order valence-corrected chi connectivity index (χ1v) is 5.98. The van der Waals surface area contributed by atoms with E-state index in [1.165, 1.54) is 6.33 Å². The van der Waals surface area contributed by atoms with E-state index in [9.17, 15) is 0 Å². The lowest BCUT2D eigenvalue weighted by atomic mass is 10.1. The van der Waals surface area contributed by atoms with Gasteiger partial charge in [0.05, 0.1) is 12.7 Å². The van der Waals surface area contributed by atoms with Crippen LogP contribution in [0.25, 0.3) is 0 Å². The van der Waals surface area contributed by atoms with Gasteiger partial charge in [0, 0.05) is 6.54 Å². The van der Waals surface area contributed by atoms with E-state index in [-0.39, 0.29) is 0 Å². The Kier molecular flexibility index (Phi) is 5.69. The van der Waals surface area contributed by atoms with Crippen molar-refractivity contribution in [1.29, 1.82) is 0 Å². The molecule has 0 amide bonds. The van der Waals surface area contributed by atoms with E-state index in [0.717, 1.165) is 37.3 Å². The standard InChI is InChI=1S/C12H22N4O/c1-9(7-13)5-4-6-14-11-10(2)12(17-3)16-8-15-11/h8-9H,4-7,13H2,1-3H3,(H,14,15,16). The van der Waals surface area contributed by atoms with E-state index in [2.05, 4.69) is 22.2 Å².